The summed E-state index contributed by atoms with van der Waals surface area (Å²) in [5.41, 5.74) is -9.85. The number of aromatic amines is 1. The van der Waals surface area contributed by atoms with Crippen molar-refractivity contribution < 1.29 is 30.6 Å². The van der Waals surface area contributed by atoms with Crippen molar-refractivity contribution in [1.82, 2.24) is 9.78 Å². The molecule has 1 N–H and O–H groups in total. The van der Waals surface area contributed by atoms with Crippen molar-refractivity contribution in [1.29, 1.82) is 5.26 Å². The summed E-state index contributed by atoms with van der Waals surface area (Å²) in [6, 6.07) is 2.00. The van der Waals surface area contributed by atoms with Crippen LogP contribution in [0.2, 0.25) is 10.0 Å². The summed E-state index contributed by atoms with van der Waals surface area (Å²) in [5.74, 6) is 0. The summed E-state index contributed by atoms with van der Waals surface area (Å²) in [7, 11) is -3.86. The van der Waals surface area contributed by atoms with E-state index in [0.29, 0.717) is 12.1 Å². The third-order valence-electron chi connectivity index (χ3n) is 2.92. The van der Waals surface area contributed by atoms with E-state index in [4.69, 9.17) is 28.5 Å². The maximum absolute atomic E-state index is 12.7. The van der Waals surface area contributed by atoms with Gasteiger partial charge in [-0.1, -0.05) is 23.2 Å². The van der Waals surface area contributed by atoms with Crippen LogP contribution in [0.5, 0.6) is 0 Å². The first kappa shape index (κ1) is 20.3. The summed E-state index contributed by atoms with van der Waals surface area (Å²) >= 11 is 11.4. The summed E-state index contributed by atoms with van der Waals surface area (Å²) in [6.45, 7) is 0. The second-order valence-corrected chi connectivity index (χ2v) is 6.79. The predicted octanol–water partition coefficient (Wildman–Crippen LogP) is 3.99. The standard InChI is InChI=1S/C12H3Cl2F6N3O2S/c13-5-1-4(11(15,16)17)2-6(14)8(5)23-10(24)9(7(3-21)22-23)26(25)12(18,19)20/h1-2,22H. The molecule has 1 heterocycles. The fourth-order valence-electron chi connectivity index (χ4n) is 1.89. The number of nitrogens with zero attached hydrogens (tertiary/aromatic N) is 2. The average molecular weight is 438 g/mol. The van der Waals surface area contributed by atoms with Crippen molar-refractivity contribution in [3.05, 3.63) is 43.8 Å². The molecule has 1 atom stereocenters. The van der Waals surface area contributed by atoms with Gasteiger partial charge in [0.2, 0.25) is 0 Å². The topological polar surface area (TPSA) is 78.7 Å². The van der Waals surface area contributed by atoms with Gasteiger partial charge in [-0.25, -0.2) is 8.89 Å². The second-order valence-electron chi connectivity index (χ2n) is 4.57. The zero-order valence-corrected chi connectivity index (χ0v) is 14.1. The molecule has 5 nitrogen and oxygen atoms in total. The van der Waals surface area contributed by atoms with Gasteiger partial charge in [0, 0.05) is 0 Å². The van der Waals surface area contributed by atoms with E-state index in [1.807, 2.05) is 5.10 Å². The van der Waals surface area contributed by atoms with E-state index in [9.17, 15) is 35.3 Å². The van der Waals surface area contributed by atoms with Crippen molar-refractivity contribution in [2.24, 2.45) is 0 Å². The van der Waals surface area contributed by atoms with Crippen LogP contribution in [-0.2, 0) is 17.0 Å². The molecule has 0 aliphatic carbocycles. The number of hydrogen-bond donors (Lipinski definition) is 1. The van der Waals surface area contributed by atoms with Crippen molar-refractivity contribution in [3.63, 3.8) is 0 Å². The van der Waals surface area contributed by atoms with E-state index in [-0.39, 0.29) is 4.68 Å². The lowest BCUT2D eigenvalue weighted by Gasteiger charge is -2.12. The molecule has 0 aliphatic heterocycles. The number of benzene rings is 1. The number of rotatable bonds is 2. The fourth-order valence-corrected chi connectivity index (χ4v) is 3.30. The minimum absolute atomic E-state index is 0.225. The van der Waals surface area contributed by atoms with Gasteiger partial charge in [-0.3, -0.25) is 9.89 Å². The molecule has 0 saturated heterocycles. The lowest BCUT2D eigenvalue weighted by Crippen LogP contribution is -2.25. The van der Waals surface area contributed by atoms with Crippen molar-refractivity contribution in [2.75, 3.05) is 0 Å². The highest BCUT2D eigenvalue weighted by Gasteiger charge is 2.42. The molecule has 1 aromatic carbocycles. The highest BCUT2D eigenvalue weighted by atomic mass is 35.5. The van der Waals surface area contributed by atoms with Gasteiger partial charge in [0.15, 0.2) is 21.4 Å². The van der Waals surface area contributed by atoms with Gasteiger partial charge in [0.25, 0.3) is 5.56 Å². The Kier molecular flexibility index (Phi) is 5.19. The summed E-state index contributed by atoms with van der Waals surface area (Å²) in [5, 5.41) is 9.30. The second kappa shape index (κ2) is 6.64. The fraction of sp³-hybridized carbons (Fsp3) is 0.167. The van der Waals surface area contributed by atoms with Crippen LogP contribution in [0.1, 0.15) is 11.3 Å². The first-order chi connectivity index (χ1) is 11.8. The molecule has 0 aliphatic rings. The smallest absolute Gasteiger partial charge is 0.280 e. The van der Waals surface area contributed by atoms with Crippen LogP contribution in [0.15, 0.2) is 21.8 Å². The van der Waals surface area contributed by atoms with E-state index in [1.54, 1.807) is 0 Å². The van der Waals surface area contributed by atoms with E-state index >= 15 is 0 Å². The Labute approximate surface area is 152 Å². The monoisotopic (exact) mass is 437 g/mol. The first-order valence-electron chi connectivity index (χ1n) is 6.09. The van der Waals surface area contributed by atoms with E-state index < -0.39 is 59.9 Å². The molecular weight excluding hydrogens is 435 g/mol. The Balaban J connectivity index is 2.77. The molecule has 0 bridgehead atoms. The van der Waals surface area contributed by atoms with E-state index in [0.717, 1.165) is 0 Å². The first-order valence-corrected chi connectivity index (χ1v) is 8.00. The summed E-state index contributed by atoms with van der Waals surface area (Å²) in [4.78, 5) is 10.7. The number of alkyl halides is 6. The SMILES string of the molecule is N#Cc1[nH]n(-c2c(Cl)cc(C(F)(F)F)cc2Cl)c(=O)c1S(=O)C(F)(F)F. The molecule has 1 aromatic heterocycles. The van der Waals surface area contributed by atoms with Crippen molar-refractivity contribution >= 4 is 34.0 Å². The Bertz CT molecular complexity index is 979. The third kappa shape index (κ3) is 3.60. The van der Waals surface area contributed by atoms with Gasteiger partial charge in [-0.2, -0.15) is 31.6 Å². The van der Waals surface area contributed by atoms with Crippen LogP contribution in [0.25, 0.3) is 5.69 Å². The molecule has 0 radical (unpaired) electrons. The molecule has 0 amide bonds. The van der Waals surface area contributed by atoms with Gasteiger partial charge in [0.05, 0.1) is 15.6 Å². The maximum Gasteiger partial charge on any atom is 0.476 e. The number of halogens is 8. The molecule has 14 heteroatoms. The maximum atomic E-state index is 12.7. The molecule has 0 spiro atoms. The lowest BCUT2D eigenvalue weighted by molar-refractivity contribution is -0.137. The lowest BCUT2D eigenvalue weighted by atomic mass is 10.2. The number of aromatic nitrogens is 2. The zero-order valence-electron chi connectivity index (χ0n) is 11.8. The van der Waals surface area contributed by atoms with Crippen molar-refractivity contribution in [3.8, 4) is 11.8 Å². The summed E-state index contributed by atoms with van der Waals surface area (Å²) < 4.78 is 87.7. The van der Waals surface area contributed by atoms with Gasteiger partial charge < -0.3 is 0 Å². The highest BCUT2D eigenvalue weighted by molar-refractivity contribution is 7.86. The Morgan fingerprint density at radius 1 is 1.12 bits per heavy atom. The van der Waals surface area contributed by atoms with Gasteiger partial charge in [0.1, 0.15) is 11.8 Å². The zero-order chi connectivity index (χ0) is 20.0. The predicted molar refractivity (Wildman–Crippen MR) is 78.6 cm³/mol. The van der Waals surface area contributed by atoms with Crippen LogP contribution >= 0.6 is 23.2 Å². The van der Waals surface area contributed by atoms with Crippen LogP contribution in [0.4, 0.5) is 26.3 Å². The third-order valence-corrected chi connectivity index (χ3v) is 4.67. The Morgan fingerprint density at radius 2 is 1.62 bits per heavy atom. The Hall–Kier alpha value is -1.97. The Morgan fingerprint density at radius 3 is 2.00 bits per heavy atom. The molecule has 0 fully saturated rings. The molecule has 140 valence electrons. The number of hydrogen-bond acceptors (Lipinski definition) is 3. The molecule has 1 unspecified atom stereocenters. The van der Waals surface area contributed by atoms with Crippen LogP contribution in [-0.4, -0.2) is 19.5 Å². The molecule has 2 rings (SSSR count). The van der Waals surface area contributed by atoms with Gasteiger partial charge in [-0.15, -0.1) is 0 Å². The molecular formula is C12H3Cl2F6N3O2S. The quantitative estimate of drug-likeness (QED) is 0.721. The van der Waals surface area contributed by atoms with Crippen LogP contribution < -0.4 is 5.56 Å². The summed E-state index contributed by atoms with van der Waals surface area (Å²) in [6.07, 6.45) is -4.83. The van der Waals surface area contributed by atoms with Crippen molar-refractivity contribution in [2.45, 2.75) is 16.6 Å². The largest absolute Gasteiger partial charge is 0.476 e. The molecule has 2 aromatic rings. The molecule has 26 heavy (non-hydrogen) atoms. The minimum Gasteiger partial charge on any atom is -0.280 e. The number of nitriles is 1. The molecule has 0 saturated carbocycles. The van der Waals surface area contributed by atoms with Gasteiger partial charge in [-0.05, 0) is 12.1 Å². The minimum atomic E-state index is -5.35. The van der Waals surface area contributed by atoms with Crippen LogP contribution in [0, 0.1) is 11.3 Å². The van der Waals surface area contributed by atoms with E-state index in [1.165, 1.54) is 6.07 Å². The average Bonchev–Trinajstić information content (AvgIpc) is 2.80. The number of H-pyrrole nitrogens is 1. The normalized spacial score (nSPS) is 13.5. The number of nitrogens with one attached hydrogen (secondary N) is 1. The highest BCUT2D eigenvalue weighted by Crippen LogP contribution is 2.37. The van der Waals surface area contributed by atoms with Crippen LogP contribution in [0.3, 0.4) is 0 Å². The van der Waals surface area contributed by atoms with Gasteiger partial charge >= 0.3 is 11.7 Å². The van der Waals surface area contributed by atoms with E-state index in [2.05, 4.69) is 0 Å².